The third-order valence-corrected chi connectivity index (χ3v) is 16.8. The molecule has 13 heteroatoms. The first-order valence-corrected chi connectivity index (χ1v) is 22.2. The highest BCUT2D eigenvalue weighted by molar-refractivity contribution is 6.30. The van der Waals surface area contributed by atoms with Gasteiger partial charge in [-0.15, -0.1) is 5.10 Å². The number of benzene rings is 2. The van der Waals surface area contributed by atoms with Crippen LogP contribution >= 0.6 is 11.6 Å². The van der Waals surface area contributed by atoms with Gasteiger partial charge >= 0.3 is 11.9 Å². The monoisotopic (exact) mass is 850 g/mol. The maximum atomic E-state index is 14.6. The number of hydrogen-bond donors (Lipinski definition) is 2. The molecule has 1 amide bonds. The highest BCUT2D eigenvalue weighted by Crippen LogP contribution is 2.73. The molecule has 4 saturated carbocycles. The van der Waals surface area contributed by atoms with Crippen LogP contribution in [0.25, 0.3) is 10.8 Å². The fourth-order valence-electron chi connectivity index (χ4n) is 12.8. The Morgan fingerprint density at radius 1 is 0.951 bits per heavy atom. The fraction of sp³-hybridized carbons (Fsp3) is 0.562. The zero-order valence-corrected chi connectivity index (χ0v) is 36.8. The van der Waals surface area contributed by atoms with E-state index in [4.69, 9.17) is 25.8 Å². The molecule has 4 fully saturated rings. The Bertz CT molecular complexity index is 2460. The predicted molar refractivity (Wildman–Crippen MR) is 228 cm³/mol. The third kappa shape index (κ3) is 6.31. The number of hydrogen-bond acceptors (Lipinski definition) is 11. The lowest BCUT2D eigenvalue weighted by Crippen LogP contribution is -2.61. The van der Waals surface area contributed by atoms with Crippen molar-refractivity contribution in [2.45, 2.75) is 130 Å². The number of ether oxygens (including phenoxy) is 3. The van der Waals surface area contributed by atoms with E-state index in [1.807, 2.05) is 45.0 Å². The Labute approximate surface area is 361 Å². The van der Waals surface area contributed by atoms with Crippen LogP contribution in [0.2, 0.25) is 0 Å². The molecular weight excluding hydrogens is 796 g/mol. The normalized spacial score (nSPS) is 33.2. The van der Waals surface area contributed by atoms with Gasteiger partial charge in [0.15, 0.2) is 17.2 Å². The molecule has 1 aliphatic heterocycles. The predicted octanol–water partition coefficient (Wildman–Crippen LogP) is 8.29. The zero-order valence-electron chi connectivity index (χ0n) is 36.1. The van der Waals surface area contributed by atoms with Crippen LogP contribution in [0, 0.1) is 61.2 Å². The number of nitrogens with one attached hydrogen (secondary N) is 2. The Kier molecular flexibility index (Phi) is 9.96. The summed E-state index contributed by atoms with van der Waals surface area (Å²) in [6, 6.07) is 7.51. The molecule has 0 spiro atoms. The van der Waals surface area contributed by atoms with Crippen molar-refractivity contribution in [1.82, 2.24) is 15.6 Å². The van der Waals surface area contributed by atoms with Crippen molar-refractivity contribution in [2.24, 2.45) is 40.4 Å². The second kappa shape index (κ2) is 14.6. The summed E-state index contributed by atoms with van der Waals surface area (Å²) in [6.45, 7) is 13.4. The molecule has 6 aliphatic rings. The molecule has 1 aromatic heterocycles. The van der Waals surface area contributed by atoms with Crippen molar-refractivity contribution in [3.8, 4) is 11.5 Å². The van der Waals surface area contributed by atoms with Crippen LogP contribution in [0.4, 0.5) is 5.82 Å². The first-order chi connectivity index (χ1) is 28.9. The summed E-state index contributed by atoms with van der Waals surface area (Å²) in [6.07, 6.45) is 7.07. The number of Topliss-reactive ketones (excluding diaryl/α,β-unsaturated/α-hetero) is 2. The Hall–Kier alpha value is -4.84. The van der Waals surface area contributed by atoms with Crippen LogP contribution < -0.4 is 20.3 Å². The van der Waals surface area contributed by atoms with Gasteiger partial charge in [-0.25, -0.2) is 4.79 Å². The summed E-state index contributed by atoms with van der Waals surface area (Å²) in [4.78, 5) is 67.3. The van der Waals surface area contributed by atoms with E-state index in [0.717, 1.165) is 63.8 Å². The summed E-state index contributed by atoms with van der Waals surface area (Å²) in [7, 11) is 0. The summed E-state index contributed by atoms with van der Waals surface area (Å²) >= 11 is 7.11. The molecule has 0 saturated heterocycles. The molecule has 2 aromatic carbocycles. The number of amides is 1. The molecule has 9 atom stereocenters. The summed E-state index contributed by atoms with van der Waals surface area (Å²) in [5.41, 5.74) is 6.15. The van der Waals surface area contributed by atoms with E-state index in [-0.39, 0.29) is 41.8 Å². The van der Waals surface area contributed by atoms with Crippen LogP contribution in [0.5, 0.6) is 11.5 Å². The molecule has 61 heavy (non-hydrogen) atoms. The molecule has 3 aromatic rings. The average Bonchev–Trinajstić information content (AvgIpc) is 4.00. The maximum Gasteiger partial charge on any atom is 0.351 e. The number of anilines is 1. The Morgan fingerprint density at radius 3 is 2.48 bits per heavy atom. The first kappa shape index (κ1) is 41.5. The van der Waals surface area contributed by atoms with Gasteiger partial charge < -0.3 is 14.2 Å². The number of ketones is 2. The topological polar surface area (TPSA) is 163 Å². The third-order valence-electron chi connectivity index (χ3n) is 16.5. The summed E-state index contributed by atoms with van der Waals surface area (Å²) in [5.74, 6) is 1.26. The molecule has 0 radical (unpaired) electrons. The Morgan fingerprint density at radius 2 is 1.70 bits per heavy atom. The van der Waals surface area contributed by atoms with Gasteiger partial charge in [0.1, 0.15) is 17.3 Å². The minimum atomic E-state index is -1.36. The van der Waals surface area contributed by atoms with Gasteiger partial charge in [0.05, 0.1) is 12.6 Å². The van der Waals surface area contributed by atoms with Crippen LogP contribution in [0.3, 0.4) is 0 Å². The lowest BCUT2D eigenvalue weighted by molar-refractivity contribution is -0.201. The number of fused-ring (bicyclic) bond motifs is 9. The zero-order chi connectivity index (χ0) is 43.4. The van der Waals surface area contributed by atoms with Crippen LogP contribution in [-0.4, -0.2) is 50.8 Å². The van der Waals surface area contributed by atoms with Crippen LogP contribution in [-0.2, 0) is 35.1 Å². The highest BCUT2D eigenvalue weighted by atomic mass is 35.5. The van der Waals surface area contributed by atoms with Crippen molar-refractivity contribution >= 4 is 57.6 Å². The van der Waals surface area contributed by atoms with Crippen LogP contribution in [0.15, 0.2) is 41.1 Å². The minimum absolute atomic E-state index is 0.106. The quantitative estimate of drug-likeness (QED) is 0.121. The van der Waals surface area contributed by atoms with Crippen LogP contribution in [0.1, 0.15) is 114 Å². The number of hydrazine groups is 1. The molecular formula is C48H55ClN4O8. The maximum absolute atomic E-state index is 14.6. The van der Waals surface area contributed by atoms with E-state index in [1.54, 1.807) is 20.0 Å². The van der Waals surface area contributed by atoms with Gasteiger partial charge in [-0.2, -0.15) is 5.10 Å². The number of allylic oxidation sites excluding steroid dienone is 2. The molecule has 9 rings (SSSR count). The molecule has 322 valence electrons. The number of carbonyl (C=O) groups excluding carboxylic acids is 5. The van der Waals surface area contributed by atoms with Gasteiger partial charge in [0.25, 0.3) is 0 Å². The number of carbonyl (C=O) groups is 5. The van der Waals surface area contributed by atoms with Crippen molar-refractivity contribution in [3.63, 3.8) is 0 Å². The lowest BCUT2D eigenvalue weighted by atomic mass is 9.46. The Balaban J connectivity index is 0.876. The highest BCUT2D eigenvalue weighted by Gasteiger charge is 2.71. The molecule has 2 N–H and O–H groups in total. The average molecular weight is 851 g/mol. The number of nitrogens with zero attached hydrogens (tertiary/aromatic N) is 2. The summed E-state index contributed by atoms with van der Waals surface area (Å²) < 4.78 is 19.2. The second-order valence-corrected chi connectivity index (χ2v) is 19.8. The smallest absolute Gasteiger partial charge is 0.351 e. The standard InChI is InChI=1S/C48H55ClN4O8/c1-24-25(2)42-29(26(3)41(24)59-40(57)13-12-39(56)51-53-43-30-11-9-8-10-28(30)23-50-52-43)14-18-46(6,60-42)44(58)61-48(27(4)54)19-16-33-31-21-37(49)36-22-38(55)32-20-35(32)47(36,7)34(31)15-17-45(33,48)5/h8-11,23,31-35H,12-22H2,1-7H3,(H,51,56)(H,52,53)/t31?,32?,33?,34?,35-,45?,46?,47?,48-/m0/s1. The largest absolute Gasteiger partial charge is 0.475 e. The molecule has 5 aliphatic carbocycles. The van der Waals surface area contributed by atoms with Gasteiger partial charge in [0.2, 0.25) is 11.5 Å². The lowest BCUT2D eigenvalue weighted by Gasteiger charge is -2.59. The van der Waals surface area contributed by atoms with Gasteiger partial charge in [-0.3, -0.25) is 30.0 Å². The minimum Gasteiger partial charge on any atom is -0.475 e. The second-order valence-electron chi connectivity index (χ2n) is 19.4. The number of halogens is 1. The number of aromatic nitrogens is 2. The van der Waals surface area contributed by atoms with Gasteiger partial charge in [0, 0.05) is 52.0 Å². The van der Waals surface area contributed by atoms with E-state index in [2.05, 4.69) is 34.9 Å². The van der Waals surface area contributed by atoms with E-state index in [1.165, 1.54) is 0 Å². The van der Waals surface area contributed by atoms with E-state index in [0.29, 0.717) is 72.6 Å². The molecule has 7 unspecified atom stereocenters. The van der Waals surface area contributed by atoms with Crippen molar-refractivity contribution in [3.05, 3.63) is 63.3 Å². The summed E-state index contributed by atoms with van der Waals surface area (Å²) in [5, 5.41) is 10.5. The fourth-order valence-corrected chi connectivity index (χ4v) is 13.2. The van der Waals surface area contributed by atoms with E-state index in [9.17, 15) is 24.0 Å². The van der Waals surface area contributed by atoms with Crippen molar-refractivity contribution < 1.29 is 38.2 Å². The van der Waals surface area contributed by atoms with Crippen molar-refractivity contribution in [2.75, 3.05) is 5.43 Å². The number of rotatable bonds is 9. The van der Waals surface area contributed by atoms with E-state index >= 15 is 0 Å². The van der Waals surface area contributed by atoms with Gasteiger partial charge in [-0.1, -0.05) is 49.7 Å². The van der Waals surface area contributed by atoms with Crippen molar-refractivity contribution in [1.29, 1.82) is 0 Å². The first-order valence-electron chi connectivity index (χ1n) is 21.9. The van der Waals surface area contributed by atoms with Gasteiger partial charge in [-0.05, 0) is 131 Å². The molecule has 2 heterocycles. The molecule has 0 bridgehead atoms. The van der Waals surface area contributed by atoms with E-state index < -0.39 is 34.5 Å². The SMILES string of the molecule is CC(=O)[C@@]1(OC(=O)C2(C)CCc3c(C)c(OC(=O)CCC(=O)NNc4nncc5ccccc45)c(C)c(C)c3O2)CCC2C3CC(Cl)=C4CC(=O)C5C[C@@H]5C4(C)C3CCC21C. The molecule has 12 nitrogen and oxygen atoms in total. The number of esters is 2.